The summed E-state index contributed by atoms with van der Waals surface area (Å²) in [6, 6.07) is 10.7. The van der Waals surface area contributed by atoms with Crippen LogP contribution in [-0.2, 0) is 16.0 Å². The summed E-state index contributed by atoms with van der Waals surface area (Å²) in [6.07, 6.45) is 0.863. The van der Waals surface area contributed by atoms with E-state index in [1.165, 1.54) is 5.56 Å². The first-order valence-electron chi connectivity index (χ1n) is 8.80. The number of nitrogens with zero attached hydrogens (tertiary/aromatic N) is 2. The Kier molecular flexibility index (Phi) is 5.11. The minimum absolute atomic E-state index is 0.209. The second-order valence-corrected chi connectivity index (χ2v) is 7.65. The SMILES string of the molecule is CC(C)(C)OC(=O)N1CC[C@@H]2OCCN(Cc3ccccc3)[C@H]2C1. The Bertz CT molecular complexity index is 555. The maximum Gasteiger partial charge on any atom is 0.410 e. The third-order valence-electron chi connectivity index (χ3n) is 4.58. The fourth-order valence-electron chi connectivity index (χ4n) is 3.45. The van der Waals surface area contributed by atoms with Crippen LogP contribution in [0.3, 0.4) is 0 Å². The molecule has 0 aliphatic carbocycles. The number of carbonyl (C=O) groups excluding carboxylic acids is 1. The van der Waals surface area contributed by atoms with Crippen molar-refractivity contribution in [2.45, 2.75) is 51.5 Å². The standard InChI is InChI=1S/C19H28N2O3/c1-19(2,3)24-18(22)21-10-9-17-16(14-21)20(11-12-23-17)13-15-7-5-4-6-8-15/h4-8,16-17H,9-14H2,1-3H3/t16-,17-/m0/s1. The van der Waals surface area contributed by atoms with Gasteiger partial charge in [0.25, 0.3) is 0 Å². The molecule has 0 spiro atoms. The van der Waals surface area contributed by atoms with Crippen molar-refractivity contribution < 1.29 is 14.3 Å². The highest BCUT2D eigenvalue weighted by Gasteiger charge is 2.39. The molecular weight excluding hydrogens is 304 g/mol. The van der Waals surface area contributed by atoms with E-state index >= 15 is 0 Å². The van der Waals surface area contributed by atoms with Crippen molar-refractivity contribution in [1.82, 2.24) is 9.80 Å². The van der Waals surface area contributed by atoms with Crippen molar-refractivity contribution in [1.29, 1.82) is 0 Å². The Morgan fingerprint density at radius 3 is 2.71 bits per heavy atom. The number of morpholine rings is 1. The molecule has 2 aliphatic rings. The summed E-state index contributed by atoms with van der Waals surface area (Å²) in [4.78, 5) is 16.7. The first-order valence-corrected chi connectivity index (χ1v) is 8.80. The van der Waals surface area contributed by atoms with Gasteiger partial charge in [0.2, 0.25) is 0 Å². The molecule has 1 aromatic carbocycles. The monoisotopic (exact) mass is 332 g/mol. The quantitative estimate of drug-likeness (QED) is 0.835. The smallest absolute Gasteiger partial charge is 0.410 e. The number of ether oxygens (including phenoxy) is 2. The van der Waals surface area contributed by atoms with Crippen LogP contribution < -0.4 is 0 Å². The predicted octanol–water partition coefficient (Wildman–Crippen LogP) is 2.90. The highest BCUT2D eigenvalue weighted by atomic mass is 16.6. The van der Waals surface area contributed by atoms with Gasteiger partial charge in [-0.05, 0) is 32.8 Å². The normalized spacial score (nSPS) is 25.2. The molecule has 2 aliphatic heterocycles. The molecule has 2 atom stereocenters. The van der Waals surface area contributed by atoms with Gasteiger partial charge in [0.15, 0.2) is 0 Å². The number of hydrogen-bond donors (Lipinski definition) is 0. The van der Waals surface area contributed by atoms with E-state index in [2.05, 4.69) is 29.2 Å². The minimum atomic E-state index is -0.458. The third kappa shape index (κ3) is 4.28. The molecule has 0 bridgehead atoms. The fraction of sp³-hybridized carbons (Fsp3) is 0.632. The van der Waals surface area contributed by atoms with Gasteiger partial charge in [-0.2, -0.15) is 0 Å². The zero-order valence-corrected chi connectivity index (χ0v) is 14.9. The highest BCUT2D eigenvalue weighted by molar-refractivity contribution is 5.68. The summed E-state index contributed by atoms with van der Waals surface area (Å²) in [5.41, 5.74) is 0.841. The number of rotatable bonds is 2. The van der Waals surface area contributed by atoms with Crippen molar-refractivity contribution >= 4 is 6.09 Å². The lowest BCUT2D eigenvalue weighted by Crippen LogP contribution is -2.60. The second kappa shape index (κ2) is 7.11. The van der Waals surface area contributed by atoms with E-state index in [1.54, 1.807) is 0 Å². The molecular formula is C19H28N2O3. The molecule has 1 aromatic rings. The number of piperidine rings is 1. The summed E-state index contributed by atoms with van der Waals surface area (Å²) < 4.78 is 11.5. The third-order valence-corrected chi connectivity index (χ3v) is 4.58. The molecule has 5 nitrogen and oxygen atoms in total. The van der Waals surface area contributed by atoms with Crippen LogP contribution in [0.4, 0.5) is 4.79 Å². The van der Waals surface area contributed by atoms with Crippen molar-refractivity contribution in [2.75, 3.05) is 26.2 Å². The fourth-order valence-corrected chi connectivity index (χ4v) is 3.45. The lowest BCUT2D eigenvalue weighted by molar-refractivity contribution is -0.105. The highest BCUT2D eigenvalue weighted by Crippen LogP contribution is 2.25. The van der Waals surface area contributed by atoms with Crippen molar-refractivity contribution in [3.63, 3.8) is 0 Å². The number of amides is 1. The number of carbonyl (C=O) groups is 1. The molecule has 0 N–H and O–H groups in total. The second-order valence-electron chi connectivity index (χ2n) is 7.65. The van der Waals surface area contributed by atoms with Crippen molar-refractivity contribution in [3.05, 3.63) is 35.9 Å². The zero-order valence-electron chi connectivity index (χ0n) is 14.9. The summed E-state index contributed by atoms with van der Waals surface area (Å²) in [5.74, 6) is 0. The Labute approximate surface area is 144 Å². The maximum atomic E-state index is 12.4. The number of benzene rings is 1. The molecule has 2 saturated heterocycles. The van der Waals surface area contributed by atoms with E-state index in [0.29, 0.717) is 13.1 Å². The lowest BCUT2D eigenvalue weighted by Gasteiger charge is -2.47. The van der Waals surface area contributed by atoms with Gasteiger partial charge < -0.3 is 14.4 Å². The molecule has 2 fully saturated rings. The molecule has 3 rings (SSSR count). The zero-order chi connectivity index (χ0) is 17.2. The van der Waals surface area contributed by atoms with Crippen LogP contribution in [-0.4, -0.2) is 59.9 Å². The molecule has 24 heavy (non-hydrogen) atoms. The first kappa shape index (κ1) is 17.2. The molecule has 5 heteroatoms. The molecule has 132 valence electrons. The van der Waals surface area contributed by atoms with Crippen LogP contribution in [0.2, 0.25) is 0 Å². The van der Waals surface area contributed by atoms with E-state index in [4.69, 9.17) is 9.47 Å². The minimum Gasteiger partial charge on any atom is -0.444 e. The van der Waals surface area contributed by atoms with Gasteiger partial charge in [-0.25, -0.2) is 4.79 Å². The lowest BCUT2D eigenvalue weighted by atomic mass is 9.98. The van der Waals surface area contributed by atoms with E-state index in [9.17, 15) is 4.79 Å². The topological polar surface area (TPSA) is 42.0 Å². The Morgan fingerprint density at radius 1 is 1.25 bits per heavy atom. The first-order chi connectivity index (χ1) is 11.4. The van der Waals surface area contributed by atoms with Crippen LogP contribution in [0, 0.1) is 0 Å². The molecule has 0 unspecified atom stereocenters. The van der Waals surface area contributed by atoms with Gasteiger partial charge in [-0.15, -0.1) is 0 Å². The van der Waals surface area contributed by atoms with Crippen LogP contribution in [0.25, 0.3) is 0 Å². The van der Waals surface area contributed by atoms with E-state index in [-0.39, 0.29) is 18.2 Å². The summed E-state index contributed by atoms with van der Waals surface area (Å²) in [7, 11) is 0. The van der Waals surface area contributed by atoms with Gasteiger partial charge in [-0.3, -0.25) is 4.90 Å². The van der Waals surface area contributed by atoms with Crippen LogP contribution in [0.1, 0.15) is 32.8 Å². The predicted molar refractivity (Wildman–Crippen MR) is 92.8 cm³/mol. The average Bonchev–Trinajstić information content (AvgIpc) is 2.54. The number of hydrogen-bond acceptors (Lipinski definition) is 4. The van der Waals surface area contributed by atoms with Crippen molar-refractivity contribution in [2.24, 2.45) is 0 Å². The van der Waals surface area contributed by atoms with Gasteiger partial charge in [-0.1, -0.05) is 30.3 Å². The van der Waals surface area contributed by atoms with E-state index in [0.717, 1.165) is 26.1 Å². The van der Waals surface area contributed by atoms with Gasteiger partial charge >= 0.3 is 6.09 Å². The van der Waals surface area contributed by atoms with Crippen LogP contribution >= 0.6 is 0 Å². The molecule has 0 aromatic heterocycles. The molecule has 1 amide bonds. The maximum absolute atomic E-state index is 12.4. The van der Waals surface area contributed by atoms with Crippen LogP contribution in [0.5, 0.6) is 0 Å². The summed E-state index contributed by atoms with van der Waals surface area (Å²) in [5, 5.41) is 0. The van der Waals surface area contributed by atoms with E-state index in [1.807, 2.05) is 31.7 Å². The average molecular weight is 332 g/mol. The van der Waals surface area contributed by atoms with Crippen LogP contribution in [0.15, 0.2) is 30.3 Å². The largest absolute Gasteiger partial charge is 0.444 e. The summed E-state index contributed by atoms with van der Waals surface area (Å²) in [6.45, 7) is 9.66. The Balaban J connectivity index is 1.66. The summed E-state index contributed by atoms with van der Waals surface area (Å²) >= 11 is 0. The van der Waals surface area contributed by atoms with Crippen molar-refractivity contribution in [3.8, 4) is 0 Å². The molecule has 0 radical (unpaired) electrons. The van der Waals surface area contributed by atoms with Gasteiger partial charge in [0.05, 0.1) is 18.8 Å². The van der Waals surface area contributed by atoms with Gasteiger partial charge in [0, 0.05) is 26.2 Å². The molecule has 0 saturated carbocycles. The van der Waals surface area contributed by atoms with E-state index < -0.39 is 5.60 Å². The van der Waals surface area contributed by atoms with Gasteiger partial charge in [0.1, 0.15) is 5.60 Å². The molecule has 2 heterocycles. The Hall–Kier alpha value is -1.59. The number of fused-ring (bicyclic) bond motifs is 1. The number of likely N-dealkylation sites (tertiary alicyclic amines) is 1. The Morgan fingerprint density at radius 2 is 2.00 bits per heavy atom.